The van der Waals surface area contributed by atoms with E-state index in [2.05, 4.69) is 0 Å². The Hall–Kier alpha value is -0.680. The molecule has 7 nitrogen and oxygen atoms in total. The van der Waals surface area contributed by atoms with Crippen LogP contribution in [0.3, 0.4) is 0 Å². The minimum Gasteiger partial charge on any atom is -0.808 e. The number of rotatable bonds is 5. The van der Waals surface area contributed by atoms with Crippen LogP contribution in [0.25, 0.3) is 0 Å². The number of benzene rings is 1. The van der Waals surface area contributed by atoms with E-state index >= 15 is 0 Å². The molecule has 0 saturated heterocycles. The number of hydrogen-bond acceptors (Lipinski definition) is 7. The van der Waals surface area contributed by atoms with Gasteiger partial charge >= 0.3 is 0 Å². The van der Waals surface area contributed by atoms with Crippen LogP contribution in [0.2, 0.25) is 0 Å². The monoisotopic (exact) mass is 292 g/mol. The summed E-state index contributed by atoms with van der Waals surface area (Å²) in [4.78, 5) is 44.4. The van der Waals surface area contributed by atoms with E-state index in [4.69, 9.17) is 4.74 Å². The second-order valence-electron chi connectivity index (χ2n) is 3.51. The number of para-hydroxylation sites is 1. The van der Waals surface area contributed by atoms with Crippen molar-refractivity contribution in [3.05, 3.63) is 30.3 Å². The lowest BCUT2D eigenvalue weighted by Gasteiger charge is -2.58. The minimum absolute atomic E-state index is 0.182. The van der Waals surface area contributed by atoms with Gasteiger partial charge in [0.2, 0.25) is 0 Å². The standard InChI is InChI=1S/C9H14O7P2/c1-2-9(17(10,11)12,18(13,14)15)16-8-6-4-3-5-7-8/h3-7H,2H2,1H3,(H2,10,11,12)(H2,13,14,15)/p-4. The first-order chi connectivity index (χ1) is 8.14. The fraction of sp³-hybridized carbons (Fsp3) is 0.333. The highest BCUT2D eigenvalue weighted by atomic mass is 31.2. The third-order valence-corrected chi connectivity index (χ3v) is 6.34. The summed E-state index contributed by atoms with van der Waals surface area (Å²) >= 11 is 0. The molecule has 1 aromatic carbocycles. The first kappa shape index (κ1) is 15.4. The quantitative estimate of drug-likeness (QED) is 0.632. The fourth-order valence-corrected chi connectivity index (χ4v) is 3.81. The van der Waals surface area contributed by atoms with E-state index in [1.54, 1.807) is 6.07 Å². The highest BCUT2D eigenvalue weighted by Crippen LogP contribution is 2.62. The topological polar surface area (TPSA) is 136 Å². The summed E-state index contributed by atoms with van der Waals surface area (Å²) in [5.41, 5.74) is 0. The first-order valence-electron chi connectivity index (χ1n) is 4.92. The maximum atomic E-state index is 11.1. The van der Waals surface area contributed by atoms with Crippen LogP contribution in [0.15, 0.2) is 30.3 Å². The maximum Gasteiger partial charge on any atom is 0.159 e. The van der Waals surface area contributed by atoms with Crippen molar-refractivity contribution in [1.29, 1.82) is 0 Å². The van der Waals surface area contributed by atoms with Crippen molar-refractivity contribution in [3.63, 3.8) is 0 Å². The molecule has 0 aliphatic rings. The summed E-state index contributed by atoms with van der Waals surface area (Å²) in [6.45, 7) is 1.08. The van der Waals surface area contributed by atoms with Crippen LogP contribution in [0.1, 0.15) is 13.3 Å². The van der Waals surface area contributed by atoms with Crippen molar-refractivity contribution in [2.24, 2.45) is 0 Å². The van der Waals surface area contributed by atoms with E-state index in [0.717, 1.165) is 6.92 Å². The summed E-state index contributed by atoms with van der Waals surface area (Å²) in [5.74, 6) is -0.182. The normalized spacial score (nSPS) is 13.4. The maximum absolute atomic E-state index is 11.1. The smallest absolute Gasteiger partial charge is 0.159 e. The molecule has 0 bridgehead atoms. The van der Waals surface area contributed by atoms with Gasteiger partial charge in [-0.2, -0.15) is 0 Å². The average molecular weight is 292 g/mol. The van der Waals surface area contributed by atoms with Gasteiger partial charge in [-0.05, 0) is 33.7 Å². The lowest BCUT2D eigenvalue weighted by atomic mass is 10.3. The van der Waals surface area contributed by atoms with Gasteiger partial charge in [0.25, 0.3) is 0 Å². The Kier molecular flexibility index (Phi) is 4.38. The molecule has 0 N–H and O–H groups in total. The van der Waals surface area contributed by atoms with Gasteiger partial charge in [0.05, 0.1) is 0 Å². The molecular weight excluding hydrogens is 282 g/mol. The van der Waals surface area contributed by atoms with E-state index in [-0.39, 0.29) is 5.75 Å². The van der Waals surface area contributed by atoms with Crippen LogP contribution < -0.4 is 24.3 Å². The predicted octanol–water partition coefficient (Wildman–Crippen LogP) is -1.04. The molecule has 0 saturated carbocycles. The van der Waals surface area contributed by atoms with Crippen molar-refractivity contribution in [2.75, 3.05) is 0 Å². The molecule has 0 atom stereocenters. The molecule has 0 heterocycles. The van der Waals surface area contributed by atoms with Gasteiger partial charge in [-0.3, -0.25) is 0 Å². The Bertz CT molecular complexity index is 467. The second kappa shape index (κ2) is 5.13. The second-order valence-corrected chi connectivity index (χ2v) is 7.29. The average Bonchev–Trinajstić information content (AvgIpc) is 2.23. The van der Waals surface area contributed by atoms with Crippen LogP contribution in [0, 0.1) is 0 Å². The third-order valence-electron chi connectivity index (χ3n) is 2.34. The number of ether oxygens (including phenoxy) is 1. The zero-order valence-electron chi connectivity index (χ0n) is 9.35. The molecule has 18 heavy (non-hydrogen) atoms. The molecule has 0 amide bonds. The lowest BCUT2D eigenvalue weighted by Crippen LogP contribution is -2.49. The Labute approximate surface area is 104 Å². The lowest BCUT2D eigenvalue weighted by molar-refractivity contribution is -0.346. The van der Waals surface area contributed by atoms with Gasteiger partial charge in [-0.15, -0.1) is 0 Å². The summed E-state index contributed by atoms with van der Waals surface area (Å²) in [7, 11) is -11.6. The van der Waals surface area contributed by atoms with Crippen LogP contribution in [-0.2, 0) is 9.13 Å². The van der Waals surface area contributed by atoms with E-state index in [1.807, 2.05) is 0 Å². The van der Waals surface area contributed by atoms with Crippen LogP contribution >= 0.6 is 15.2 Å². The van der Waals surface area contributed by atoms with Gasteiger partial charge in [-0.1, -0.05) is 25.1 Å². The molecule has 0 fully saturated rings. The van der Waals surface area contributed by atoms with Crippen molar-refractivity contribution in [1.82, 2.24) is 0 Å². The summed E-state index contributed by atoms with van der Waals surface area (Å²) in [6, 6.07) is 6.95. The molecule has 0 aliphatic carbocycles. The number of hydrogen-bond donors (Lipinski definition) is 0. The highest BCUT2D eigenvalue weighted by molar-refractivity contribution is 7.69. The van der Waals surface area contributed by atoms with Crippen LogP contribution in [0.5, 0.6) is 5.75 Å². The van der Waals surface area contributed by atoms with E-state index in [9.17, 15) is 28.7 Å². The first-order valence-corrected chi connectivity index (χ1v) is 8.01. The van der Waals surface area contributed by atoms with Crippen LogP contribution in [-0.4, -0.2) is 5.08 Å². The molecule has 0 aliphatic heterocycles. The Morgan fingerprint density at radius 1 is 1.06 bits per heavy atom. The molecule has 0 spiro atoms. The van der Waals surface area contributed by atoms with Gasteiger partial charge in [0, 0.05) is 0 Å². The van der Waals surface area contributed by atoms with E-state index in [1.165, 1.54) is 24.3 Å². The van der Waals surface area contributed by atoms with Gasteiger partial charge in [0.15, 0.2) is 5.08 Å². The van der Waals surface area contributed by atoms with E-state index in [0.29, 0.717) is 0 Å². The molecule has 0 radical (unpaired) electrons. The zero-order valence-corrected chi connectivity index (χ0v) is 11.1. The molecule has 1 rings (SSSR count). The van der Waals surface area contributed by atoms with E-state index < -0.39 is 26.7 Å². The molecule has 0 aromatic heterocycles. The van der Waals surface area contributed by atoms with Crippen molar-refractivity contribution >= 4 is 15.2 Å². The zero-order chi connectivity index (χ0) is 14.0. The molecule has 0 unspecified atom stereocenters. The molecule has 9 heteroatoms. The molecule has 1 aromatic rings. The SMILES string of the molecule is CCC(Oc1ccccc1)(P(=O)([O-])[O-])P(=O)([O-])[O-]. The van der Waals surface area contributed by atoms with Crippen molar-refractivity contribution < 1.29 is 33.4 Å². The summed E-state index contributed by atoms with van der Waals surface area (Å²) in [5, 5.41) is -3.29. The van der Waals surface area contributed by atoms with Gasteiger partial charge in [0.1, 0.15) is 5.75 Å². The largest absolute Gasteiger partial charge is 0.808 e. The van der Waals surface area contributed by atoms with Crippen molar-refractivity contribution in [2.45, 2.75) is 18.4 Å². The third kappa shape index (κ3) is 2.83. The molecular formula is C9H10O7P2-4. The predicted molar refractivity (Wildman–Crippen MR) is 55.3 cm³/mol. The van der Waals surface area contributed by atoms with Gasteiger partial charge in [-0.25, -0.2) is 0 Å². The van der Waals surface area contributed by atoms with Crippen molar-refractivity contribution in [3.8, 4) is 5.75 Å². The Morgan fingerprint density at radius 2 is 1.50 bits per heavy atom. The van der Waals surface area contributed by atoms with Crippen LogP contribution in [0.4, 0.5) is 0 Å². The fourth-order valence-electron chi connectivity index (χ4n) is 1.40. The highest BCUT2D eigenvalue weighted by Gasteiger charge is 2.38. The van der Waals surface area contributed by atoms with Gasteiger partial charge < -0.3 is 33.4 Å². The summed E-state index contributed by atoms with van der Waals surface area (Å²) in [6.07, 6.45) is -0.781. The Balaban J connectivity index is 3.31. The summed E-state index contributed by atoms with van der Waals surface area (Å²) < 4.78 is 26.9. The molecule has 102 valence electrons. The Morgan fingerprint density at radius 3 is 1.83 bits per heavy atom. The minimum atomic E-state index is -5.80.